The molecule has 0 aliphatic heterocycles. The van der Waals surface area contributed by atoms with Crippen LogP contribution in [0.1, 0.15) is 21.6 Å². The topological polar surface area (TPSA) is 30.0 Å². The van der Waals surface area contributed by atoms with Crippen LogP contribution in [0.25, 0.3) is 0 Å². The third-order valence-corrected chi connectivity index (χ3v) is 3.13. The Morgan fingerprint density at radius 2 is 1.67 bits per heavy atom. The molecule has 1 heterocycles. The van der Waals surface area contributed by atoms with Gasteiger partial charge in [-0.15, -0.1) is 0 Å². The number of aromatic nitrogens is 1. The standard InChI is InChI=1S/C13H5Cl2F4NO/c14-8-3-6(1-2-10(8)16)11(21)7-4-9(15)12(20-5-7)13(17,18)19/h1-5H. The van der Waals surface area contributed by atoms with Gasteiger partial charge in [-0.3, -0.25) is 4.79 Å². The number of halogens is 6. The van der Waals surface area contributed by atoms with Gasteiger partial charge in [-0.2, -0.15) is 13.2 Å². The first-order chi connectivity index (χ1) is 9.70. The summed E-state index contributed by atoms with van der Waals surface area (Å²) in [6.45, 7) is 0. The van der Waals surface area contributed by atoms with Crippen molar-refractivity contribution >= 4 is 29.0 Å². The number of hydrogen-bond acceptors (Lipinski definition) is 2. The van der Waals surface area contributed by atoms with Crippen molar-refractivity contribution in [2.45, 2.75) is 6.18 Å². The minimum atomic E-state index is -4.71. The Morgan fingerprint density at radius 1 is 1.05 bits per heavy atom. The fourth-order valence-corrected chi connectivity index (χ4v) is 2.03. The monoisotopic (exact) mass is 337 g/mol. The second-order valence-corrected chi connectivity index (χ2v) is 4.82. The van der Waals surface area contributed by atoms with Crippen LogP contribution >= 0.6 is 23.2 Å². The van der Waals surface area contributed by atoms with E-state index >= 15 is 0 Å². The Kier molecular flexibility index (Phi) is 4.20. The van der Waals surface area contributed by atoms with Crippen LogP contribution < -0.4 is 0 Å². The van der Waals surface area contributed by atoms with E-state index in [4.69, 9.17) is 23.2 Å². The highest BCUT2D eigenvalue weighted by atomic mass is 35.5. The SMILES string of the molecule is O=C(c1ccc(F)c(Cl)c1)c1cnc(C(F)(F)F)c(Cl)c1. The van der Waals surface area contributed by atoms with Gasteiger partial charge in [-0.05, 0) is 24.3 Å². The summed E-state index contributed by atoms with van der Waals surface area (Å²) in [5.41, 5.74) is -1.42. The molecule has 1 aromatic heterocycles. The Bertz CT molecular complexity index is 716. The summed E-state index contributed by atoms with van der Waals surface area (Å²) < 4.78 is 50.5. The third-order valence-electron chi connectivity index (χ3n) is 2.55. The quantitative estimate of drug-likeness (QED) is 0.583. The van der Waals surface area contributed by atoms with E-state index in [1.807, 2.05) is 0 Å². The van der Waals surface area contributed by atoms with E-state index in [0.717, 1.165) is 30.5 Å². The Balaban J connectivity index is 2.40. The van der Waals surface area contributed by atoms with Gasteiger partial charge in [-0.1, -0.05) is 23.2 Å². The van der Waals surface area contributed by atoms with Gasteiger partial charge in [0, 0.05) is 17.3 Å². The molecule has 0 saturated heterocycles. The minimum absolute atomic E-state index is 0.0130. The van der Waals surface area contributed by atoms with Gasteiger partial charge < -0.3 is 0 Å². The zero-order valence-corrected chi connectivity index (χ0v) is 11.5. The number of ketones is 1. The van der Waals surface area contributed by atoms with Crippen LogP contribution in [0.4, 0.5) is 17.6 Å². The van der Waals surface area contributed by atoms with Gasteiger partial charge in [0.05, 0.1) is 10.0 Å². The number of pyridine rings is 1. The van der Waals surface area contributed by atoms with Crippen LogP contribution in [-0.2, 0) is 6.18 Å². The molecule has 21 heavy (non-hydrogen) atoms. The molecule has 0 unspecified atom stereocenters. The molecule has 0 atom stereocenters. The molecule has 0 saturated carbocycles. The lowest BCUT2D eigenvalue weighted by atomic mass is 10.0. The van der Waals surface area contributed by atoms with E-state index in [0.29, 0.717) is 0 Å². The number of nitrogens with zero attached hydrogens (tertiary/aromatic N) is 1. The molecule has 0 aliphatic carbocycles. The van der Waals surface area contributed by atoms with Crippen molar-refractivity contribution in [1.82, 2.24) is 4.98 Å². The molecule has 2 nitrogen and oxygen atoms in total. The van der Waals surface area contributed by atoms with Crippen molar-refractivity contribution in [2.24, 2.45) is 0 Å². The Morgan fingerprint density at radius 3 is 2.19 bits per heavy atom. The maximum atomic E-state index is 13.0. The molecule has 0 bridgehead atoms. The number of alkyl halides is 3. The van der Waals surface area contributed by atoms with Gasteiger partial charge in [0.15, 0.2) is 11.5 Å². The molecule has 0 fully saturated rings. The number of hydrogen-bond donors (Lipinski definition) is 0. The summed E-state index contributed by atoms with van der Waals surface area (Å²) in [5, 5.41) is -0.964. The van der Waals surface area contributed by atoms with Gasteiger partial charge >= 0.3 is 6.18 Å². The first-order valence-electron chi connectivity index (χ1n) is 5.42. The summed E-state index contributed by atoms with van der Waals surface area (Å²) in [6, 6.07) is 4.07. The zero-order valence-electron chi connectivity index (χ0n) is 10.0. The lowest BCUT2D eigenvalue weighted by Gasteiger charge is -2.09. The second-order valence-electron chi connectivity index (χ2n) is 4.01. The molecule has 1 aromatic carbocycles. The highest BCUT2D eigenvalue weighted by Crippen LogP contribution is 2.33. The predicted molar refractivity (Wildman–Crippen MR) is 69.1 cm³/mol. The van der Waals surface area contributed by atoms with E-state index in [-0.39, 0.29) is 16.1 Å². The minimum Gasteiger partial charge on any atom is -0.289 e. The maximum absolute atomic E-state index is 13.0. The van der Waals surface area contributed by atoms with Gasteiger partial charge in [-0.25, -0.2) is 9.37 Å². The first kappa shape index (κ1) is 15.7. The number of benzene rings is 1. The fraction of sp³-hybridized carbons (Fsp3) is 0.0769. The van der Waals surface area contributed by atoms with Crippen LogP contribution in [0.5, 0.6) is 0 Å². The second kappa shape index (κ2) is 5.61. The molecule has 0 spiro atoms. The Hall–Kier alpha value is -1.66. The smallest absolute Gasteiger partial charge is 0.289 e. The molecule has 0 N–H and O–H groups in total. The summed E-state index contributed by atoms with van der Waals surface area (Å²) in [7, 11) is 0. The van der Waals surface area contributed by atoms with E-state index < -0.39 is 28.5 Å². The molecule has 2 aromatic rings. The summed E-state index contributed by atoms with van der Waals surface area (Å²) in [5.74, 6) is -1.38. The van der Waals surface area contributed by atoms with Crippen molar-refractivity contribution in [2.75, 3.05) is 0 Å². The maximum Gasteiger partial charge on any atom is 0.434 e. The largest absolute Gasteiger partial charge is 0.434 e. The van der Waals surface area contributed by atoms with Gasteiger partial charge in [0.1, 0.15) is 5.82 Å². The van der Waals surface area contributed by atoms with Crippen LogP contribution in [0.2, 0.25) is 10.0 Å². The van der Waals surface area contributed by atoms with Crippen LogP contribution in [-0.4, -0.2) is 10.8 Å². The molecule has 2 rings (SSSR count). The number of carbonyl (C=O) groups is 1. The van der Waals surface area contributed by atoms with Crippen molar-refractivity contribution in [3.8, 4) is 0 Å². The molecule has 8 heteroatoms. The molecular weight excluding hydrogens is 333 g/mol. The summed E-state index contributed by atoms with van der Waals surface area (Å²) in [6.07, 6.45) is -3.95. The third kappa shape index (κ3) is 3.33. The highest BCUT2D eigenvalue weighted by molar-refractivity contribution is 6.32. The normalized spacial score (nSPS) is 11.5. The van der Waals surface area contributed by atoms with Crippen molar-refractivity contribution in [1.29, 1.82) is 0 Å². The molecular formula is C13H5Cl2F4NO. The van der Waals surface area contributed by atoms with Gasteiger partial charge in [0.25, 0.3) is 0 Å². The van der Waals surface area contributed by atoms with Crippen LogP contribution in [0.3, 0.4) is 0 Å². The average Bonchev–Trinajstić information content (AvgIpc) is 2.39. The molecule has 0 aliphatic rings. The van der Waals surface area contributed by atoms with E-state index in [1.165, 1.54) is 0 Å². The summed E-state index contributed by atoms with van der Waals surface area (Å²) >= 11 is 11.0. The lowest BCUT2D eigenvalue weighted by Crippen LogP contribution is -2.11. The van der Waals surface area contributed by atoms with Crippen LogP contribution in [0.15, 0.2) is 30.5 Å². The van der Waals surface area contributed by atoms with Crippen molar-refractivity contribution in [3.05, 3.63) is 63.1 Å². The average molecular weight is 338 g/mol. The summed E-state index contributed by atoms with van der Waals surface area (Å²) in [4.78, 5) is 15.2. The predicted octanol–water partition coefficient (Wildman–Crippen LogP) is 4.78. The highest BCUT2D eigenvalue weighted by Gasteiger charge is 2.35. The Labute approximate surface area is 126 Å². The van der Waals surface area contributed by atoms with Crippen molar-refractivity contribution in [3.63, 3.8) is 0 Å². The first-order valence-corrected chi connectivity index (χ1v) is 6.18. The number of carbonyl (C=O) groups excluding carboxylic acids is 1. The number of rotatable bonds is 2. The molecule has 0 amide bonds. The molecule has 110 valence electrons. The van der Waals surface area contributed by atoms with E-state index in [2.05, 4.69) is 4.98 Å². The van der Waals surface area contributed by atoms with E-state index in [9.17, 15) is 22.4 Å². The lowest BCUT2D eigenvalue weighted by molar-refractivity contribution is -0.141. The van der Waals surface area contributed by atoms with Crippen LogP contribution in [0, 0.1) is 5.82 Å². The molecule has 0 radical (unpaired) electrons. The fourth-order valence-electron chi connectivity index (χ4n) is 1.57. The van der Waals surface area contributed by atoms with Crippen molar-refractivity contribution < 1.29 is 22.4 Å². The van der Waals surface area contributed by atoms with Gasteiger partial charge in [0.2, 0.25) is 0 Å². The zero-order chi connectivity index (χ0) is 15.8. The van der Waals surface area contributed by atoms with E-state index in [1.54, 1.807) is 0 Å².